The smallest absolute Gasteiger partial charge is 0.413 e. The lowest BCUT2D eigenvalue weighted by Crippen LogP contribution is -2.36. The first-order valence-electron chi connectivity index (χ1n) is 5.09. The Bertz CT molecular complexity index is 291. The first kappa shape index (κ1) is 16.1. The molecule has 0 heterocycles. The van der Waals surface area contributed by atoms with Gasteiger partial charge in [-0.3, -0.25) is 10.3 Å². The number of aliphatic imine (C=N–C) groups is 1. The second kappa shape index (κ2) is 6.78. The highest BCUT2D eigenvalue weighted by atomic mass is 32.1. The zero-order valence-electron chi connectivity index (χ0n) is 10.3. The van der Waals surface area contributed by atoms with Crippen molar-refractivity contribution in [1.29, 1.82) is 0 Å². The number of carbonyl (C=O) groups excluding carboxylic acids is 1. The van der Waals surface area contributed by atoms with E-state index in [2.05, 4.69) is 22.9 Å². The third kappa shape index (κ3) is 7.95. The molecule has 17 heavy (non-hydrogen) atoms. The fraction of sp³-hybridized carbons (Fsp3) is 0.800. The summed E-state index contributed by atoms with van der Waals surface area (Å²) in [6.07, 6.45) is -3.33. The fourth-order valence-corrected chi connectivity index (χ4v) is 1.15. The molecule has 0 aromatic carbocycles. The van der Waals surface area contributed by atoms with Gasteiger partial charge in [0.2, 0.25) is 0 Å². The molecule has 0 spiro atoms. The monoisotopic (exact) mass is 268 g/mol. The van der Waals surface area contributed by atoms with Gasteiger partial charge in [-0.05, 0) is 27.7 Å². The van der Waals surface area contributed by atoms with E-state index in [-0.39, 0.29) is 11.6 Å². The molecule has 1 N–H and O–H groups in total. The van der Waals surface area contributed by atoms with E-state index in [9.17, 15) is 13.6 Å². The molecule has 0 rings (SSSR count). The van der Waals surface area contributed by atoms with Crippen LogP contribution in [0.1, 0.15) is 27.7 Å². The predicted molar refractivity (Wildman–Crippen MR) is 66.1 cm³/mol. The summed E-state index contributed by atoms with van der Waals surface area (Å²) >= 11 is 3.76. The number of carbonyl (C=O) groups is 1. The van der Waals surface area contributed by atoms with Crippen LogP contribution in [-0.2, 0) is 4.74 Å². The maximum atomic E-state index is 12.4. The summed E-state index contributed by atoms with van der Waals surface area (Å²) in [5.74, 6) is -0.0102. The van der Waals surface area contributed by atoms with E-state index in [0.29, 0.717) is 0 Å². The van der Waals surface area contributed by atoms with Crippen molar-refractivity contribution in [2.45, 2.75) is 45.8 Å². The molecule has 0 fully saturated rings. The van der Waals surface area contributed by atoms with Crippen LogP contribution in [0, 0.1) is 0 Å². The molecule has 0 bridgehead atoms. The molecule has 0 aromatic rings. The van der Waals surface area contributed by atoms with Crippen LogP contribution in [0.3, 0.4) is 0 Å². The Balaban J connectivity index is 4.38. The van der Waals surface area contributed by atoms with Crippen molar-refractivity contribution in [3.05, 3.63) is 0 Å². The van der Waals surface area contributed by atoms with Crippen LogP contribution in [0.15, 0.2) is 4.99 Å². The molecule has 1 amide bonds. The molecule has 1 unspecified atom stereocenters. The van der Waals surface area contributed by atoms with Crippen LogP contribution in [0.2, 0.25) is 0 Å². The van der Waals surface area contributed by atoms with Crippen molar-refractivity contribution in [2.75, 3.05) is 5.75 Å². The van der Waals surface area contributed by atoms with Crippen molar-refractivity contribution in [3.8, 4) is 0 Å². The maximum absolute atomic E-state index is 12.4. The molecule has 0 aliphatic rings. The minimum Gasteiger partial charge on any atom is -0.444 e. The van der Waals surface area contributed by atoms with Gasteiger partial charge in [-0.1, -0.05) is 0 Å². The van der Waals surface area contributed by atoms with Crippen LogP contribution in [0.25, 0.3) is 0 Å². The molecule has 100 valence electrons. The SMILES string of the molecule is C/C(=N\C(CS)C(F)F)NC(=O)OC(C)(C)C. The summed E-state index contributed by atoms with van der Waals surface area (Å²) < 4.78 is 29.7. The zero-order chi connectivity index (χ0) is 13.6. The van der Waals surface area contributed by atoms with E-state index in [1.165, 1.54) is 6.92 Å². The minimum atomic E-state index is -2.61. The second-order valence-electron chi connectivity index (χ2n) is 4.43. The van der Waals surface area contributed by atoms with E-state index in [1.54, 1.807) is 20.8 Å². The van der Waals surface area contributed by atoms with Gasteiger partial charge in [0.25, 0.3) is 6.43 Å². The van der Waals surface area contributed by atoms with E-state index in [0.717, 1.165) is 0 Å². The number of alkyl halides is 2. The number of amides is 1. The lowest BCUT2D eigenvalue weighted by molar-refractivity contribution is 0.0561. The van der Waals surface area contributed by atoms with Crippen LogP contribution >= 0.6 is 12.6 Å². The Morgan fingerprint density at radius 2 is 2.00 bits per heavy atom. The van der Waals surface area contributed by atoms with Crippen molar-refractivity contribution in [3.63, 3.8) is 0 Å². The molecule has 1 atom stereocenters. The number of hydrogen-bond donors (Lipinski definition) is 2. The lowest BCUT2D eigenvalue weighted by Gasteiger charge is -2.20. The number of ether oxygens (including phenoxy) is 1. The number of amidine groups is 1. The van der Waals surface area contributed by atoms with Crippen LogP contribution < -0.4 is 5.32 Å². The van der Waals surface area contributed by atoms with Gasteiger partial charge in [-0.15, -0.1) is 0 Å². The third-order valence-corrected chi connectivity index (χ3v) is 1.89. The highest BCUT2D eigenvalue weighted by molar-refractivity contribution is 7.80. The van der Waals surface area contributed by atoms with Crippen molar-refractivity contribution in [1.82, 2.24) is 5.32 Å². The molecule has 0 aliphatic heterocycles. The quantitative estimate of drug-likeness (QED) is 0.469. The molecular formula is C10H18F2N2O2S. The van der Waals surface area contributed by atoms with E-state index >= 15 is 0 Å². The molecule has 4 nitrogen and oxygen atoms in total. The van der Waals surface area contributed by atoms with Crippen molar-refractivity contribution in [2.24, 2.45) is 4.99 Å². The maximum Gasteiger partial charge on any atom is 0.413 e. The standard InChI is InChI=1S/C10H18F2N2O2S/c1-6(13-7(5-17)8(11)12)14-9(15)16-10(2,3)4/h7-8,17H,5H2,1-4H3,(H,13,14,15). The van der Waals surface area contributed by atoms with E-state index in [1.807, 2.05) is 0 Å². The number of hydrogen-bond acceptors (Lipinski definition) is 4. The topological polar surface area (TPSA) is 50.7 Å². The molecule has 0 radical (unpaired) electrons. The van der Waals surface area contributed by atoms with Crippen LogP contribution in [0.4, 0.5) is 13.6 Å². The van der Waals surface area contributed by atoms with Gasteiger partial charge in [0.1, 0.15) is 17.5 Å². The Morgan fingerprint density at radius 3 is 2.35 bits per heavy atom. The Labute approximate surface area is 105 Å². The van der Waals surface area contributed by atoms with E-state index in [4.69, 9.17) is 4.74 Å². The average molecular weight is 268 g/mol. The number of alkyl carbamates (subject to hydrolysis) is 1. The first-order chi connectivity index (χ1) is 7.65. The molecule has 0 aromatic heterocycles. The summed E-state index contributed by atoms with van der Waals surface area (Å²) in [5.41, 5.74) is -0.643. The van der Waals surface area contributed by atoms with Gasteiger partial charge in [-0.2, -0.15) is 12.6 Å². The molecule has 0 aliphatic carbocycles. The summed E-state index contributed by atoms with van der Waals surface area (Å²) in [6.45, 7) is 6.53. The molecular weight excluding hydrogens is 250 g/mol. The zero-order valence-corrected chi connectivity index (χ0v) is 11.2. The largest absolute Gasteiger partial charge is 0.444 e. The highest BCUT2D eigenvalue weighted by Crippen LogP contribution is 2.08. The Hall–Kier alpha value is -0.850. The van der Waals surface area contributed by atoms with Gasteiger partial charge in [0.15, 0.2) is 0 Å². The number of nitrogens with zero attached hydrogens (tertiary/aromatic N) is 1. The fourth-order valence-electron chi connectivity index (χ4n) is 0.909. The van der Waals surface area contributed by atoms with Crippen molar-refractivity contribution >= 4 is 24.6 Å². The first-order valence-corrected chi connectivity index (χ1v) is 5.72. The Morgan fingerprint density at radius 1 is 1.47 bits per heavy atom. The molecule has 0 saturated carbocycles. The average Bonchev–Trinajstić information content (AvgIpc) is 2.09. The Kier molecular flexibility index (Phi) is 6.44. The van der Waals surface area contributed by atoms with Gasteiger partial charge in [0, 0.05) is 5.75 Å². The summed E-state index contributed by atoms with van der Waals surface area (Å²) in [4.78, 5) is 14.9. The molecule has 7 heteroatoms. The van der Waals surface area contributed by atoms with Gasteiger partial charge in [0.05, 0.1) is 0 Å². The van der Waals surface area contributed by atoms with Crippen molar-refractivity contribution < 1.29 is 18.3 Å². The lowest BCUT2D eigenvalue weighted by atomic mass is 10.2. The second-order valence-corrected chi connectivity index (χ2v) is 4.79. The predicted octanol–water partition coefficient (Wildman–Crippen LogP) is 2.49. The number of halogens is 2. The third-order valence-electron chi connectivity index (χ3n) is 1.52. The van der Waals surface area contributed by atoms with Crippen LogP contribution in [0.5, 0.6) is 0 Å². The number of nitrogens with one attached hydrogen (secondary N) is 1. The minimum absolute atomic E-state index is 0.0820. The summed E-state index contributed by atoms with van der Waals surface area (Å²) in [6, 6.07) is -1.23. The number of thiol groups is 1. The van der Waals surface area contributed by atoms with Gasteiger partial charge < -0.3 is 4.74 Å². The summed E-state index contributed by atoms with van der Waals surface area (Å²) in [5, 5.41) is 2.28. The number of rotatable bonds is 3. The van der Waals surface area contributed by atoms with Gasteiger partial charge >= 0.3 is 6.09 Å². The molecule has 0 saturated heterocycles. The van der Waals surface area contributed by atoms with Crippen LogP contribution in [-0.4, -0.2) is 35.8 Å². The van der Waals surface area contributed by atoms with E-state index < -0.39 is 24.2 Å². The normalized spacial score (nSPS) is 14.7. The summed E-state index contributed by atoms with van der Waals surface area (Å²) in [7, 11) is 0. The highest BCUT2D eigenvalue weighted by Gasteiger charge is 2.19. The van der Waals surface area contributed by atoms with Gasteiger partial charge in [-0.25, -0.2) is 13.6 Å².